The Bertz CT molecular complexity index is 789. The van der Waals surface area contributed by atoms with Gasteiger partial charge in [-0.15, -0.1) is 0 Å². The normalized spacial score (nSPS) is 10.4. The molecule has 3 rings (SSSR count). The van der Waals surface area contributed by atoms with Crippen LogP contribution in [-0.4, -0.2) is 12.4 Å². The van der Waals surface area contributed by atoms with Gasteiger partial charge < -0.3 is 0 Å². The first-order chi connectivity index (χ1) is 9.81. The van der Waals surface area contributed by atoms with Crippen LogP contribution in [0.5, 0.6) is 0 Å². The molecule has 0 saturated carbocycles. The number of benzene rings is 3. The molecule has 2 heteroatoms. The van der Waals surface area contributed by atoms with E-state index in [9.17, 15) is 0 Å². The maximum absolute atomic E-state index is 8.40. The Hall–Kier alpha value is -2.74. The van der Waals surface area contributed by atoms with Crippen LogP contribution < -0.4 is 0 Å². The molecule has 96 valence electrons. The Kier molecular flexibility index (Phi) is 3.13. The van der Waals surface area contributed by atoms with Gasteiger partial charge in [-0.25, -0.2) is 0 Å². The molecule has 3 aromatic rings. The summed E-state index contributed by atoms with van der Waals surface area (Å²) in [6, 6.07) is 21.7. The minimum Gasteiger partial charge on any atom is -0.300 e. The van der Waals surface area contributed by atoms with Gasteiger partial charge in [-0.1, -0.05) is 60.7 Å². The minimum absolute atomic E-state index is 0.471. The van der Waals surface area contributed by atoms with Crippen LogP contribution in [0.25, 0.3) is 10.8 Å². The van der Waals surface area contributed by atoms with Crippen LogP contribution in [0.2, 0.25) is 0 Å². The molecule has 0 unspecified atom stereocenters. The number of rotatable bonds is 3. The predicted molar refractivity (Wildman–Crippen MR) is 85.5 cm³/mol. The summed E-state index contributed by atoms with van der Waals surface area (Å²) in [5, 5.41) is 10.5. The van der Waals surface area contributed by atoms with E-state index in [0.717, 1.165) is 27.6 Å². The predicted octanol–water partition coefficient (Wildman–Crippen LogP) is 4.59. The Morgan fingerprint density at radius 2 is 1.55 bits per heavy atom. The maximum Gasteiger partial charge on any atom is 0.0794 e. The molecule has 3 aromatic carbocycles. The molecule has 2 nitrogen and oxygen atoms in total. The van der Waals surface area contributed by atoms with Crippen LogP contribution in [-0.2, 0) is 0 Å². The van der Waals surface area contributed by atoms with Crippen molar-refractivity contribution >= 4 is 28.9 Å². The van der Waals surface area contributed by atoms with Crippen molar-refractivity contribution in [3.05, 3.63) is 77.9 Å². The van der Waals surface area contributed by atoms with Crippen LogP contribution in [0, 0.1) is 5.41 Å². The van der Waals surface area contributed by atoms with Crippen molar-refractivity contribution in [1.29, 1.82) is 5.41 Å². The number of hydrogen-bond acceptors (Lipinski definition) is 2. The summed E-state index contributed by atoms with van der Waals surface area (Å²) in [6.07, 6.45) is 0. The van der Waals surface area contributed by atoms with Crippen LogP contribution in [0.4, 0.5) is 5.69 Å². The van der Waals surface area contributed by atoms with Crippen molar-refractivity contribution in [1.82, 2.24) is 0 Å². The molecule has 0 amide bonds. The first-order valence-corrected chi connectivity index (χ1v) is 6.44. The first kappa shape index (κ1) is 12.3. The van der Waals surface area contributed by atoms with Crippen molar-refractivity contribution in [2.24, 2.45) is 4.99 Å². The van der Waals surface area contributed by atoms with Gasteiger partial charge in [-0.3, -0.25) is 10.4 Å². The molecular formula is C18H14N2. The number of hydrogen-bond donors (Lipinski definition) is 1. The van der Waals surface area contributed by atoms with Crippen molar-refractivity contribution in [3.8, 4) is 0 Å². The second-order valence-corrected chi connectivity index (χ2v) is 4.58. The fourth-order valence-electron chi connectivity index (χ4n) is 2.39. The molecule has 0 heterocycles. The monoisotopic (exact) mass is 258 g/mol. The lowest BCUT2D eigenvalue weighted by Gasteiger charge is -2.10. The van der Waals surface area contributed by atoms with E-state index in [1.165, 1.54) is 0 Å². The Morgan fingerprint density at radius 3 is 2.30 bits per heavy atom. The molecule has 0 spiro atoms. The van der Waals surface area contributed by atoms with Crippen molar-refractivity contribution in [2.75, 3.05) is 0 Å². The number of nitrogens with one attached hydrogen (secondary N) is 1. The Morgan fingerprint density at radius 1 is 0.850 bits per heavy atom. The molecule has 0 radical (unpaired) electrons. The molecule has 0 aromatic heterocycles. The third-order valence-electron chi connectivity index (χ3n) is 3.39. The Labute approximate surface area is 117 Å². The highest BCUT2D eigenvalue weighted by molar-refractivity contribution is 6.17. The van der Waals surface area contributed by atoms with E-state index in [1.54, 1.807) is 0 Å². The molecule has 20 heavy (non-hydrogen) atoms. The molecule has 0 aliphatic carbocycles. The lowest BCUT2D eigenvalue weighted by atomic mass is 9.97. The smallest absolute Gasteiger partial charge is 0.0794 e. The molecule has 0 saturated heterocycles. The van der Waals surface area contributed by atoms with Gasteiger partial charge >= 0.3 is 0 Å². The summed E-state index contributed by atoms with van der Waals surface area (Å²) in [4.78, 5) is 4.15. The molecule has 0 fully saturated rings. The third kappa shape index (κ3) is 2.01. The highest BCUT2D eigenvalue weighted by atomic mass is 14.7. The molecule has 1 N–H and O–H groups in total. The summed E-state index contributed by atoms with van der Waals surface area (Å²) in [5.41, 5.74) is 2.94. The summed E-state index contributed by atoms with van der Waals surface area (Å²) in [6.45, 7) is 3.67. The topological polar surface area (TPSA) is 36.2 Å². The summed E-state index contributed by atoms with van der Waals surface area (Å²) in [5.74, 6) is 0. The highest BCUT2D eigenvalue weighted by Gasteiger charge is 2.11. The van der Waals surface area contributed by atoms with Gasteiger partial charge in [0.25, 0.3) is 0 Å². The summed E-state index contributed by atoms with van der Waals surface area (Å²) in [7, 11) is 0. The fourth-order valence-corrected chi connectivity index (χ4v) is 2.39. The number of aliphatic imine (C=N–C) groups is 1. The third-order valence-corrected chi connectivity index (χ3v) is 3.39. The van der Waals surface area contributed by atoms with Gasteiger partial charge in [0, 0.05) is 16.5 Å². The van der Waals surface area contributed by atoms with Crippen LogP contribution in [0.1, 0.15) is 11.1 Å². The maximum atomic E-state index is 8.40. The molecule has 0 bridgehead atoms. The standard InChI is InChI=1S/C18H14N2/c1-20-18-15-10-6-5-7-13(15)11-12-16(18)17(19)14-8-3-2-4-9-14/h2-12,19H,1H2. The van der Waals surface area contributed by atoms with E-state index in [1.807, 2.05) is 66.7 Å². The highest BCUT2D eigenvalue weighted by Crippen LogP contribution is 2.31. The lowest BCUT2D eigenvalue weighted by molar-refractivity contribution is 1.45. The zero-order valence-electron chi connectivity index (χ0n) is 11.0. The van der Waals surface area contributed by atoms with Gasteiger partial charge in [0.15, 0.2) is 0 Å². The minimum atomic E-state index is 0.471. The second-order valence-electron chi connectivity index (χ2n) is 4.58. The second kappa shape index (κ2) is 5.10. The number of fused-ring (bicyclic) bond motifs is 1. The average molecular weight is 258 g/mol. The van der Waals surface area contributed by atoms with Gasteiger partial charge in [0.2, 0.25) is 0 Å². The van der Waals surface area contributed by atoms with Gasteiger partial charge in [0.05, 0.1) is 11.4 Å². The molecule has 0 aliphatic heterocycles. The largest absolute Gasteiger partial charge is 0.300 e. The lowest BCUT2D eigenvalue weighted by Crippen LogP contribution is -2.01. The summed E-state index contributed by atoms with van der Waals surface area (Å²) >= 11 is 0. The molecule has 0 atom stereocenters. The average Bonchev–Trinajstić information content (AvgIpc) is 2.54. The van der Waals surface area contributed by atoms with Crippen LogP contribution in [0.3, 0.4) is 0 Å². The van der Waals surface area contributed by atoms with Crippen LogP contribution >= 0.6 is 0 Å². The van der Waals surface area contributed by atoms with E-state index in [4.69, 9.17) is 5.41 Å². The summed E-state index contributed by atoms with van der Waals surface area (Å²) < 4.78 is 0. The van der Waals surface area contributed by atoms with Crippen molar-refractivity contribution in [3.63, 3.8) is 0 Å². The van der Waals surface area contributed by atoms with E-state index in [0.29, 0.717) is 5.71 Å². The van der Waals surface area contributed by atoms with Gasteiger partial charge in [0.1, 0.15) is 0 Å². The van der Waals surface area contributed by atoms with Crippen molar-refractivity contribution in [2.45, 2.75) is 0 Å². The van der Waals surface area contributed by atoms with E-state index in [-0.39, 0.29) is 0 Å². The van der Waals surface area contributed by atoms with Crippen molar-refractivity contribution < 1.29 is 0 Å². The Balaban J connectivity index is 2.22. The SMILES string of the molecule is C=Nc1c(C(=N)c2ccccc2)ccc2ccccc12. The first-order valence-electron chi connectivity index (χ1n) is 6.44. The van der Waals surface area contributed by atoms with E-state index < -0.39 is 0 Å². The van der Waals surface area contributed by atoms with Gasteiger partial charge in [-0.2, -0.15) is 0 Å². The zero-order valence-corrected chi connectivity index (χ0v) is 11.0. The van der Waals surface area contributed by atoms with E-state index in [2.05, 4.69) is 11.7 Å². The van der Waals surface area contributed by atoms with Gasteiger partial charge in [-0.05, 0) is 18.2 Å². The van der Waals surface area contributed by atoms with E-state index >= 15 is 0 Å². The molecular weight excluding hydrogens is 244 g/mol. The quantitative estimate of drug-likeness (QED) is 0.667. The van der Waals surface area contributed by atoms with Crippen LogP contribution in [0.15, 0.2) is 71.7 Å². The fraction of sp³-hybridized carbons (Fsp3) is 0. The zero-order chi connectivity index (χ0) is 13.9. The number of nitrogens with zero attached hydrogens (tertiary/aromatic N) is 1. The molecule has 0 aliphatic rings.